The Bertz CT molecular complexity index is 982. The van der Waals surface area contributed by atoms with Crippen molar-refractivity contribution in [3.05, 3.63) is 59.7 Å². The molecule has 0 fully saturated rings. The van der Waals surface area contributed by atoms with Gasteiger partial charge in [-0.15, -0.1) is 0 Å². The summed E-state index contributed by atoms with van der Waals surface area (Å²) in [6.07, 6.45) is 0.697. The van der Waals surface area contributed by atoms with Gasteiger partial charge in [-0.25, -0.2) is 4.57 Å². The number of aryl methyl sites for hydroxylation is 2. The van der Waals surface area contributed by atoms with Gasteiger partial charge in [0.25, 0.3) is 0 Å². The van der Waals surface area contributed by atoms with Crippen LogP contribution in [0, 0.1) is 6.92 Å². The summed E-state index contributed by atoms with van der Waals surface area (Å²) in [7, 11) is -4.44. The number of ether oxygens (including phenoxy) is 2. The fourth-order valence-electron chi connectivity index (χ4n) is 2.62. The molecule has 0 amide bonds. The van der Waals surface area contributed by atoms with E-state index >= 15 is 0 Å². The van der Waals surface area contributed by atoms with Crippen molar-refractivity contribution in [3.8, 4) is 11.5 Å². The summed E-state index contributed by atoms with van der Waals surface area (Å²) in [4.78, 5) is 32.1. The van der Waals surface area contributed by atoms with Gasteiger partial charge in [0.2, 0.25) is 0 Å². The van der Waals surface area contributed by atoms with Crippen LogP contribution in [0.2, 0.25) is 0 Å². The average Bonchev–Trinajstić information content (AvgIpc) is 2.78. The third-order valence-electron chi connectivity index (χ3n) is 4.43. The topological polar surface area (TPSA) is 155 Å². The second-order valence-corrected chi connectivity index (χ2v) is 8.55. The SMILES string of the molecule is Cc1ccccc1Oc1ccccc1CCC(=O)OCCCOP(=O)(O)OC[C@H](N)C(=O)O. The zero-order chi connectivity index (χ0) is 24.3. The molecule has 2 rings (SSSR count). The van der Waals surface area contributed by atoms with Crippen LogP contribution >= 0.6 is 7.82 Å². The van der Waals surface area contributed by atoms with Crippen molar-refractivity contribution in [2.75, 3.05) is 19.8 Å². The molecule has 0 saturated heterocycles. The summed E-state index contributed by atoms with van der Waals surface area (Å²) in [5.74, 6) is -0.403. The number of carbonyl (C=O) groups excluding carboxylic acids is 1. The second kappa shape index (κ2) is 13.1. The Morgan fingerprint density at radius 1 is 1.03 bits per heavy atom. The lowest BCUT2D eigenvalue weighted by molar-refractivity contribution is -0.143. The lowest BCUT2D eigenvalue weighted by Crippen LogP contribution is -2.34. The summed E-state index contributed by atoms with van der Waals surface area (Å²) in [6.45, 7) is 1.03. The minimum absolute atomic E-state index is 0.0190. The van der Waals surface area contributed by atoms with Crippen LogP contribution in [0.15, 0.2) is 48.5 Å². The van der Waals surface area contributed by atoms with Crippen LogP contribution in [0.25, 0.3) is 0 Å². The maximum atomic E-state index is 12.0. The number of phosphoric ester groups is 1. The minimum atomic E-state index is -4.44. The van der Waals surface area contributed by atoms with Gasteiger partial charge in [0.15, 0.2) is 0 Å². The normalized spacial score (nSPS) is 13.7. The van der Waals surface area contributed by atoms with Crippen LogP contribution in [0.5, 0.6) is 11.5 Å². The van der Waals surface area contributed by atoms with E-state index in [1.165, 1.54) is 0 Å². The molecule has 1 unspecified atom stereocenters. The van der Waals surface area contributed by atoms with Gasteiger partial charge in [0.1, 0.15) is 17.5 Å². The predicted octanol–water partition coefficient (Wildman–Crippen LogP) is 3.20. The summed E-state index contributed by atoms with van der Waals surface area (Å²) in [5.41, 5.74) is 7.04. The number of carboxylic acids is 1. The molecule has 10 nitrogen and oxygen atoms in total. The maximum absolute atomic E-state index is 12.0. The molecule has 2 atom stereocenters. The monoisotopic (exact) mass is 481 g/mol. The van der Waals surface area contributed by atoms with Crippen LogP contribution in [-0.4, -0.2) is 47.8 Å². The van der Waals surface area contributed by atoms with Gasteiger partial charge in [-0.3, -0.25) is 18.6 Å². The molecule has 0 aliphatic heterocycles. The van der Waals surface area contributed by atoms with E-state index in [4.69, 9.17) is 20.3 Å². The number of para-hydroxylation sites is 2. The lowest BCUT2D eigenvalue weighted by Gasteiger charge is -2.14. The van der Waals surface area contributed by atoms with E-state index in [9.17, 15) is 19.0 Å². The van der Waals surface area contributed by atoms with Gasteiger partial charge in [0, 0.05) is 12.8 Å². The van der Waals surface area contributed by atoms with Crippen molar-refractivity contribution in [3.63, 3.8) is 0 Å². The van der Waals surface area contributed by atoms with E-state index in [1.54, 1.807) is 0 Å². The largest absolute Gasteiger partial charge is 0.480 e. The smallest absolute Gasteiger partial charge is 0.472 e. The molecule has 11 heteroatoms. The zero-order valence-corrected chi connectivity index (χ0v) is 19.1. The first kappa shape index (κ1) is 26.5. The fraction of sp³-hybridized carbons (Fsp3) is 0.364. The lowest BCUT2D eigenvalue weighted by atomic mass is 10.1. The fourth-order valence-corrected chi connectivity index (χ4v) is 3.40. The van der Waals surface area contributed by atoms with Crippen LogP contribution in [0.1, 0.15) is 24.0 Å². The standard InChI is InChI=1S/C22H28NO9P/c1-16-7-2-4-9-19(16)32-20-10-5-3-8-17(20)11-12-21(24)29-13-6-14-30-33(27,28)31-15-18(23)22(25)26/h2-5,7-10,18H,6,11-15,23H2,1H3,(H,25,26)(H,27,28)/t18-/m0/s1. The van der Waals surface area contributed by atoms with Crippen molar-refractivity contribution >= 4 is 19.8 Å². The number of hydrogen-bond acceptors (Lipinski definition) is 8. The van der Waals surface area contributed by atoms with Crippen molar-refractivity contribution < 1.29 is 42.7 Å². The summed E-state index contributed by atoms with van der Waals surface area (Å²) >= 11 is 0. The van der Waals surface area contributed by atoms with Gasteiger partial charge >= 0.3 is 19.8 Å². The molecule has 0 aliphatic rings. The molecule has 180 valence electrons. The molecule has 4 N–H and O–H groups in total. The molecule has 0 aromatic heterocycles. The molecular formula is C22H28NO9P. The molecule has 0 spiro atoms. The number of aliphatic carboxylic acids is 1. The first-order chi connectivity index (χ1) is 15.7. The molecule has 0 heterocycles. The van der Waals surface area contributed by atoms with Crippen molar-refractivity contribution in [2.45, 2.75) is 32.2 Å². The van der Waals surface area contributed by atoms with Gasteiger partial charge in [0.05, 0.1) is 19.8 Å². The number of hydrogen-bond donors (Lipinski definition) is 3. The number of benzene rings is 2. The Kier molecular flexibility index (Phi) is 10.5. The Morgan fingerprint density at radius 3 is 2.39 bits per heavy atom. The number of nitrogens with two attached hydrogens (primary N) is 1. The van der Waals surface area contributed by atoms with E-state index < -0.39 is 32.4 Å². The van der Waals surface area contributed by atoms with Gasteiger partial charge < -0.3 is 25.2 Å². The molecule has 0 radical (unpaired) electrons. The van der Waals surface area contributed by atoms with E-state index in [0.717, 1.165) is 16.9 Å². The summed E-state index contributed by atoms with van der Waals surface area (Å²) in [5, 5.41) is 8.61. The summed E-state index contributed by atoms with van der Waals surface area (Å²) in [6, 6.07) is 13.6. The molecule has 2 aromatic rings. The van der Waals surface area contributed by atoms with Crippen LogP contribution in [0.4, 0.5) is 0 Å². The highest BCUT2D eigenvalue weighted by Gasteiger charge is 2.24. The first-order valence-corrected chi connectivity index (χ1v) is 11.7. The zero-order valence-electron chi connectivity index (χ0n) is 18.2. The third-order valence-corrected chi connectivity index (χ3v) is 5.41. The number of rotatable bonds is 14. The number of phosphoric acid groups is 1. The highest BCUT2D eigenvalue weighted by Crippen LogP contribution is 2.43. The molecule has 0 saturated carbocycles. The Morgan fingerprint density at radius 2 is 1.70 bits per heavy atom. The molecule has 2 aromatic carbocycles. The predicted molar refractivity (Wildman–Crippen MR) is 119 cm³/mol. The minimum Gasteiger partial charge on any atom is -0.480 e. The molecule has 33 heavy (non-hydrogen) atoms. The Labute approximate surface area is 191 Å². The van der Waals surface area contributed by atoms with E-state index in [-0.39, 0.29) is 26.1 Å². The highest BCUT2D eigenvalue weighted by atomic mass is 31.2. The van der Waals surface area contributed by atoms with E-state index in [2.05, 4.69) is 9.05 Å². The van der Waals surface area contributed by atoms with Gasteiger partial charge in [-0.1, -0.05) is 36.4 Å². The van der Waals surface area contributed by atoms with Gasteiger partial charge in [-0.2, -0.15) is 0 Å². The number of carboxylic acid groups (broad SMARTS) is 1. The average molecular weight is 481 g/mol. The maximum Gasteiger partial charge on any atom is 0.472 e. The van der Waals surface area contributed by atoms with Gasteiger partial charge in [-0.05, 0) is 36.6 Å². The van der Waals surface area contributed by atoms with Crippen LogP contribution in [0.3, 0.4) is 0 Å². The van der Waals surface area contributed by atoms with Crippen molar-refractivity contribution in [2.24, 2.45) is 5.73 Å². The van der Waals surface area contributed by atoms with Crippen LogP contribution in [-0.2, 0) is 34.4 Å². The highest BCUT2D eigenvalue weighted by molar-refractivity contribution is 7.47. The van der Waals surface area contributed by atoms with E-state index in [0.29, 0.717) is 12.2 Å². The van der Waals surface area contributed by atoms with Crippen molar-refractivity contribution in [1.29, 1.82) is 0 Å². The first-order valence-electron chi connectivity index (χ1n) is 10.3. The summed E-state index contributed by atoms with van der Waals surface area (Å²) < 4.78 is 31.9. The Hall–Kier alpha value is -2.75. The molecular weight excluding hydrogens is 453 g/mol. The third kappa shape index (κ3) is 9.73. The quantitative estimate of drug-likeness (QED) is 0.208. The van der Waals surface area contributed by atoms with Crippen LogP contribution < -0.4 is 10.5 Å². The van der Waals surface area contributed by atoms with E-state index in [1.807, 2.05) is 55.5 Å². The number of carbonyl (C=O) groups is 2. The Balaban J connectivity index is 1.70. The molecule has 0 aliphatic carbocycles. The number of esters is 1. The second-order valence-electron chi connectivity index (χ2n) is 7.09. The molecule has 0 bridgehead atoms. The van der Waals surface area contributed by atoms with Crippen molar-refractivity contribution in [1.82, 2.24) is 0 Å².